The van der Waals surface area contributed by atoms with Crippen molar-refractivity contribution in [2.45, 2.75) is 37.8 Å². The van der Waals surface area contributed by atoms with E-state index in [1.807, 2.05) is 56.3 Å². The number of nitrogens with one attached hydrogen (secondary N) is 2. The molecule has 1 aliphatic heterocycles. The van der Waals surface area contributed by atoms with Gasteiger partial charge in [0.2, 0.25) is 0 Å². The van der Waals surface area contributed by atoms with Crippen molar-refractivity contribution in [2.75, 3.05) is 36.8 Å². The molecule has 3 N–H and O–H groups in total. The van der Waals surface area contributed by atoms with Crippen LogP contribution < -0.4 is 14.8 Å². The van der Waals surface area contributed by atoms with Gasteiger partial charge in [-0.1, -0.05) is 61.0 Å². The number of likely N-dealkylation sites (N-methyl/N-ethyl adjacent to an activating group) is 1. The molecule has 5 rings (SSSR count). The number of fused-ring (bicyclic) bond motifs is 2. The molecule has 10 nitrogen and oxygen atoms in total. The molecule has 0 bridgehead atoms. The monoisotopic (exact) mass is 630 g/mol. The lowest BCUT2D eigenvalue weighted by molar-refractivity contribution is 0.0371. The first kappa shape index (κ1) is 31.8. The number of carbonyl (C=O) groups excluding carboxylic acids is 2. The van der Waals surface area contributed by atoms with Gasteiger partial charge in [0, 0.05) is 30.6 Å². The summed E-state index contributed by atoms with van der Waals surface area (Å²) in [4.78, 5) is 30.3. The molecule has 45 heavy (non-hydrogen) atoms. The molecule has 4 aromatic rings. The highest BCUT2D eigenvalue weighted by Crippen LogP contribution is 2.32. The van der Waals surface area contributed by atoms with Gasteiger partial charge in [0.25, 0.3) is 15.9 Å². The second kappa shape index (κ2) is 13.2. The standard InChI is InChI=1S/C34H38N4O6S/c1-22-12-15-27(16-13-22)45(42,43)36-26-14-17-31-29(18-26)33(40)38(24(3)21-39)19-23(2)32(44-31)20-37(4)34(41)35-30-11-7-9-25-8-5-6-10-28(25)30/h5-18,23-24,32,36,39H,19-21H2,1-4H3,(H,35,41)/t23-,24-,32-/m1/s1. The zero-order valence-corrected chi connectivity index (χ0v) is 26.5. The highest BCUT2D eigenvalue weighted by Gasteiger charge is 2.34. The van der Waals surface area contributed by atoms with Gasteiger partial charge in [-0.15, -0.1) is 0 Å². The zero-order valence-electron chi connectivity index (χ0n) is 25.7. The Morgan fingerprint density at radius 3 is 2.51 bits per heavy atom. The number of urea groups is 1. The van der Waals surface area contributed by atoms with Gasteiger partial charge in [0.05, 0.1) is 35.3 Å². The van der Waals surface area contributed by atoms with Crippen LogP contribution in [0, 0.1) is 12.8 Å². The van der Waals surface area contributed by atoms with Gasteiger partial charge in [0.15, 0.2) is 0 Å². The molecule has 0 spiro atoms. The van der Waals surface area contributed by atoms with Gasteiger partial charge in [-0.05, 0) is 55.6 Å². The fourth-order valence-corrected chi connectivity index (χ4v) is 6.38. The maximum absolute atomic E-state index is 13.8. The number of aliphatic hydroxyl groups excluding tert-OH is 1. The van der Waals surface area contributed by atoms with E-state index in [-0.39, 0.29) is 53.5 Å². The molecule has 0 fully saturated rings. The highest BCUT2D eigenvalue weighted by atomic mass is 32.2. The van der Waals surface area contributed by atoms with Gasteiger partial charge >= 0.3 is 6.03 Å². The summed E-state index contributed by atoms with van der Waals surface area (Å²) in [5.74, 6) is -0.355. The minimum absolute atomic E-state index is 0.0941. The summed E-state index contributed by atoms with van der Waals surface area (Å²) in [6.45, 7) is 5.74. The van der Waals surface area contributed by atoms with Crippen LogP contribution in [0.4, 0.5) is 16.2 Å². The summed E-state index contributed by atoms with van der Waals surface area (Å²) >= 11 is 0. The lowest BCUT2D eigenvalue weighted by Gasteiger charge is -2.38. The Labute approximate surface area is 263 Å². The van der Waals surface area contributed by atoms with E-state index in [9.17, 15) is 23.1 Å². The Balaban J connectivity index is 1.40. The summed E-state index contributed by atoms with van der Waals surface area (Å²) in [5, 5.41) is 14.9. The Morgan fingerprint density at radius 1 is 1.07 bits per heavy atom. The summed E-state index contributed by atoms with van der Waals surface area (Å²) in [6, 6.07) is 23.7. The number of hydrogen-bond donors (Lipinski definition) is 3. The van der Waals surface area contributed by atoms with Crippen molar-refractivity contribution in [3.05, 3.63) is 96.1 Å². The van der Waals surface area contributed by atoms with Crippen molar-refractivity contribution in [3.63, 3.8) is 0 Å². The minimum atomic E-state index is -3.92. The molecule has 0 radical (unpaired) electrons. The minimum Gasteiger partial charge on any atom is -0.487 e. The van der Waals surface area contributed by atoms with Gasteiger partial charge in [-0.25, -0.2) is 13.2 Å². The van der Waals surface area contributed by atoms with Crippen LogP contribution >= 0.6 is 0 Å². The van der Waals surface area contributed by atoms with Crippen LogP contribution in [0.2, 0.25) is 0 Å². The first-order valence-electron chi connectivity index (χ1n) is 14.8. The van der Waals surface area contributed by atoms with E-state index in [4.69, 9.17) is 4.74 Å². The van der Waals surface area contributed by atoms with Gasteiger partial charge in [-0.3, -0.25) is 9.52 Å². The van der Waals surface area contributed by atoms with E-state index in [2.05, 4.69) is 10.0 Å². The van der Waals surface area contributed by atoms with Crippen molar-refractivity contribution in [1.82, 2.24) is 9.80 Å². The van der Waals surface area contributed by atoms with Crippen LogP contribution in [0.1, 0.15) is 29.8 Å². The number of aryl methyl sites for hydroxylation is 1. The second-order valence-electron chi connectivity index (χ2n) is 11.6. The quantitative estimate of drug-likeness (QED) is 0.241. The third kappa shape index (κ3) is 7.05. The number of ether oxygens (including phenoxy) is 1. The molecular weight excluding hydrogens is 592 g/mol. The van der Waals surface area contributed by atoms with Crippen LogP contribution in [-0.4, -0.2) is 74.2 Å². The maximum atomic E-state index is 13.8. The summed E-state index contributed by atoms with van der Waals surface area (Å²) < 4.78 is 35.1. The molecule has 0 saturated heterocycles. The van der Waals surface area contributed by atoms with Crippen LogP contribution in [0.5, 0.6) is 5.75 Å². The topological polar surface area (TPSA) is 128 Å². The second-order valence-corrected chi connectivity index (χ2v) is 13.3. The molecule has 0 saturated carbocycles. The summed E-state index contributed by atoms with van der Waals surface area (Å²) in [7, 11) is -2.24. The van der Waals surface area contributed by atoms with Crippen LogP contribution in [0.15, 0.2) is 89.8 Å². The van der Waals surface area contributed by atoms with Gasteiger partial charge in [-0.2, -0.15) is 0 Å². The van der Waals surface area contributed by atoms with Gasteiger partial charge < -0.3 is 25.0 Å². The van der Waals surface area contributed by atoms with Crippen molar-refractivity contribution >= 4 is 44.1 Å². The molecule has 0 aliphatic carbocycles. The molecule has 0 aromatic heterocycles. The average Bonchev–Trinajstić information content (AvgIpc) is 3.02. The van der Waals surface area contributed by atoms with Gasteiger partial charge in [0.1, 0.15) is 11.9 Å². The Hall–Kier alpha value is -4.61. The molecule has 4 aromatic carbocycles. The van der Waals surface area contributed by atoms with E-state index in [0.29, 0.717) is 5.69 Å². The van der Waals surface area contributed by atoms with E-state index in [1.54, 1.807) is 37.1 Å². The van der Waals surface area contributed by atoms with Crippen molar-refractivity contribution in [1.29, 1.82) is 0 Å². The predicted octanol–water partition coefficient (Wildman–Crippen LogP) is 5.33. The van der Waals surface area contributed by atoms with E-state index in [0.717, 1.165) is 16.3 Å². The molecule has 3 atom stereocenters. The van der Waals surface area contributed by atoms with Crippen molar-refractivity contribution in [2.24, 2.45) is 5.92 Å². The van der Waals surface area contributed by atoms with E-state index < -0.39 is 28.1 Å². The fraction of sp³-hybridized carbons (Fsp3) is 0.294. The molecule has 0 unspecified atom stereocenters. The Morgan fingerprint density at radius 2 is 1.78 bits per heavy atom. The summed E-state index contributed by atoms with van der Waals surface area (Å²) in [6.07, 6.45) is -0.524. The maximum Gasteiger partial charge on any atom is 0.321 e. The number of anilines is 2. The third-order valence-corrected chi connectivity index (χ3v) is 9.48. The number of aliphatic hydroxyl groups is 1. The fourth-order valence-electron chi connectivity index (χ4n) is 5.33. The summed E-state index contributed by atoms with van der Waals surface area (Å²) in [5.41, 5.74) is 1.96. The molecule has 236 valence electrons. The number of hydrogen-bond acceptors (Lipinski definition) is 6. The predicted molar refractivity (Wildman–Crippen MR) is 175 cm³/mol. The average molecular weight is 631 g/mol. The first-order chi connectivity index (χ1) is 21.5. The smallest absolute Gasteiger partial charge is 0.321 e. The van der Waals surface area contributed by atoms with Crippen LogP contribution in [0.3, 0.4) is 0 Å². The van der Waals surface area contributed by atoms with Crippen molar-refractivity contribution in [3.8, 4) is 5.75 Å². The van der Waals surface area contributed by atoms with Crippen molar-refractivity contribution < 1.29 is 27.9 Å². The third-order valence-electron chi connectivity index (χ3n) is 8.08. The van der Waals surface area contributed by atoms with E-state index >= 15 is 0 Å². The number of amides is 3. The number of nitrogens with zero attached hydrogens (tertiary/aromatic N) is 2. The zero-order chi connectivity index (χ0) is 32.3. The lowest BCUT2D eigenvalue weighted by Crippen LogP contribution is -2.50. The largest absolute Gasteiger partial charge is 0.487 e. The highest BCUT2D eigenvalue weighted by molar-refractivity contribution is 7.92. The van der Waals surface area contributed by atoms with Crippen LogP contribution in [-0.2, 0) is 10.0 Å². The molecule has 11 heteroatoms. The number of sulfonamides is 1. The molecular formula is C34H38N4O6S. The Kier molecular flexibility index (Phi) is 9.31. The number of benzene rings is 4. The number of carbonyl (C=O) groups is 2. The molecule has 1 aliphatic rings. The SMILES string of the molecule is Cc1ccc(S(=O)(=O)Nc2ccc3c(c2)C(=O)N([C@H](C)CO)C[C@@H](C)[C@@H](CN(C)C(=O)Nc2cccc4ccccc24)O3)cc1. The van der Waals surface area contributed by atoms with Crippen LogP contribution in [0.25, 0.3) is 10.8 Å². The molecule has 3 amide bonds. The van der Waals surface area contributed by atoms with E-state index in [1.165, 1.54) is 29.2 Å². The number of rotatable bonds is 8. The Bertz CT molecular complexity index is 1810. The first-order valence-corrected chi connectivity index (χ1v) is 16.3. The molecule has 1 heterocycles. The lowest BCUT2D eigenvalue weighted by atomic mass is 9.99. The normalized spacial score (nSPS) is 17.4.